The molecule has 2 aromatic rings. The average molecular weight is 395 g/mol. The van der Waals surface area contributed by atoms with Crippen LogP contribution < -0.4 is 10.1 Å². The second kappa shape index (κ2) is 9.68. The van der Waals surface area contributed by atoms with Gasteiger partial charge in [0.15, 0.2) is 6.61 Å². The number of carbonyl (C=O) groups is 3. The van der Waals surface area contributed by atoms with Crippen molar-refractivity contribution in [2.45, 2.75) is 26.2 Å². The van der Waals surface area contributed by atoms with Crippen LogP contribution in [0.2, 0.25) is 0 Å². The van der Waals surface area contributed by atoms with Crippen LogP contribution in [0.1, 0.15) is 42.3 Å². The van der Waals surface area contributed by atoms with Gasteiger partial charge in [-0.1, -0.05) is 51.1 Å². The van der Waals surface area contributed by atoms with E-state index in [2.05, 4.69) is 26.1 Å². The molecule has 0 saturated heterocycles. The summed E-state index contributed by atoms with van der Waals surface area (Å²) in [5, 5.41) is 2.20. The van der Waals surface area contributed by atoms with Crippen LogP contribution in [0.15, 0.2) is 54.6 Å². The Labute approximate surface area is 170 Å². The Bertz CT molecular complexity index is 908. The number of methoxy groups -OCH3 is 1. The molecule has 6 nitrogen and oxygen atoms in total. The Balaban J connectivity index is 1.85. The van der Waals surface area contributed by atoms with Crippen molar-refractivity contribution in [1.82, 2.24) is 5.32 Å². The Kier molecular flexibility index (Phi) is 7.31. The lowest BCUT2D eigenvalue weighted by Gasteiger charge is -2.18. The summed E-state index contributed by atoms with van der Waals surface area (Å²) >= 11 is 0. The maximum absolute atomic E-state index is 12.1. The minimum Gasteiger partial charge on any atom is -0.496 e. The summed E-state index contributed by atoms with van der Waals surface area (Å²) in [5.74, 6) is -1.34. The molecule has 0 spiro atoms. The highest BCUT2D eigenvalue weighted by Gasteiger charge is 2.16. The number of carbonyl (C=O) groups excluding carboxylic acids is 3. The average Bonchev–Trinajstić information content (AvgIpc) is 2.70. The summed E-state index contributed by atoms with van der Waals surface area (Å²) in [6, 6.07) is 14.2. The van der Waals surface area contributed by atoms with E-state index < -0.39 is 24.4 Å². The highest BCUT2D eigenvalue weighted by atomic mass is 16.5. The lowest BCUT2D eigenvalue weighted by Crippen LogP contribution is -2.34. The van der Waals surface area contributed by atoms with Crippen LogP contribution in [-0.2, 0) is 19.7 Å². The van der Waals surface area contributed by atoms with E-state index in [0.29, 0.717) is 16.9 Å². The molecule has 29 heavy (non-hydrogen) atoms. The monoisotopic (exact) mass is 395 g/mol. The molecule has 6 heteroatoms. The molecule has 0 unspecified atom stereocenters. The van der Waals surface area contributed by atoms with Gasteiger partial charge >= 0.3 is 5.97 Å². The van der Waals surface area contributed by atoms with Gasteiger partial charge in [-0.15, -0.1) is 0 Å². The van der Waals surface area contributed by atoms with Gasteiger partial charge in [0.1, 0.15) is 5.75 Å². The van der Waals surface area contributed by atoms with Crippen molar-refractivity contribution in [2.24, 2.45) is 0 Å². The summed E-state index contributed by atoms with van der Waals surface area (Å²) < 4.78 is 10.1. The van der Waals surface area contributed by atoms with E-state index in [-0.39, 0.29) is 5.41 Å². The number of benzene rings is 2. The van der Waals surface area contributed by atoms with Crippen LogP contribution in [0.5, 0.6) is 5.75 Å². The summed E-state index contributed by atoms with van der Waals surface area (Å²) in [5.41, 5.74) is 2.10. The van der Waals surface area contributed by atoms with E-state index in [1.807, 2.05) is 18.2 Å². The van der Waals surface area contributed by atoms with Gasteiger partial charge < -0.3 is 9.47 Å². The maximum Gasteiger partial charge on any atom is 0.331 e. The second-order valence-electron chi connectivity index (χ2n) is 7.39. The molecule has 2 amide bonds. The van der Waals surface area contributed by atoms with Gasteiger partial charge in [0.25, 0.3) is 11.8 Å². The van der Waals surface area contributed by atoms with E-state index in [9.17, 15) is 14.4 Å². The third-order valence-corrected chi connectivity index (χ3v) is 4.15. The Morgan fingerprint density at radius 3 is 2.28 bits per heavy atom. The largest absolute Gasteiger partial charge is 0.496 e. The quantitative estimate of drug-likeness (QED) is 0.598. The van der Waals surface area contributed by atoms with Gasteiger partial charge in [-0.2, -0.15) is 0 Å². The summed E-state index contributed by atoms with van der Waals surface area (Å²) in [6.45, 7) is 5.66. The number of para-hydroxylation sites is 1. The zero-order valence-corrected chi connectivity index (χ0v) is 17.0. The standard InChI is InChI=1S/C23H25NO5/c1-23(2,3)18-12-9-17(10-13-18)22(27)24-20(25)15-29-21(26)14-11-16-7-5-6-8-19(16)28-4/h5-14H,15H2,1-4H3,(H,24,25,27)/b14-11+. The lowest BCUT2D eigenvalue weighted by atomic mass is 9.87. The molecule has 0 aliphatic carbocycles. The third-order valence-electron chi connectivity index (χ3n) is 4.15. The van der Waals surface area contributed by atoms with Crippen LogP contribution in [0, 0.1) is 0 Å². The van der Waals surface area contributed by atoms with Crippen LogP contribution in [-0.4, -0.2) is 31.5 Å². The summed E-state index contributed by atoms with van der Waals surface area (Å²) in [4.78, 5) is 35.8. The number of amides is 2. The molecule has 2 rings (SSSR count). The fraction of sp³-hybridized carbons (Fsp3) is 0.261. The number of hydrogen-bond donors (Lipinski definition) is 1. The second-order valence-corrected chi connectivity index (χ2v) is 7.39. The van der Waals surface area contributed by atoms with E-state index in [0.717, 1.165) is 5.56 Å². The highest BCUT2D eigenvalue weighted by molar-refractivity contribution is 6.05. The van der Waals surface area contributed by atoms with Crippen LogP contribution in [0.4, 0.5) is 0 Å². The smallest absolute Gasteiger partial charge is 0.331 e. The van der Waals surface area contributed by atoms with Crippen molar-refractivity contribution in [3.63, 3.8) is 0 Å². The zero-order valence-electron chi connectivity index (χ0n) is 17.0. The molecule has 0 aromatic heterocycles. The van der Waals surface area contributed by atoms with Crippen LogP contribution in [0.3, 0.4) is 0 Å². The van der Waals surface area contributed by atoms with Gasteiger partial charge in [0, 0.05) is 17.2 Å². The molecule has 2 aromatic carbocycles. The predicted octanol–water partition coefficient (Wildman–Crippen LogP) is 3.51. The molecule has 0 atom stereocenters. The zero-order chi connectivity index (χ0) is 21.4. The SMILES string of the molecule is COc1ccccc1/C=C/C(=O)OCC(=O)NC(=O)c1ccc(C(C)(C)C)cc1. The number of esters is 1. The van der Waals surface area contributed by atoms with Gasteiger partial charge in [-0.3, -0.25) is 14.9 Å². The van der Waals surface area contributed by atoms with Gasteiger partial charge in [0.2, 0.25) is 0 Å². The minimum atomic E-state index is -0.701. The van der Waals surface area contributed by atoms with E-state index in [4.69, 9.17) is 9.47 Å². The Hall–Kier alpha value is -3.41. The third kappa shape index (κ3) is 6.60. The number of nitrogens with one attached hydrogen (secondary N) is 1. The topological polar surface area (TPSA) is 81.7 Å². The molecule has 0 aliphatic rings. The van der Waals surface area contributed by atoms with Gasteiger partial charge in [-0.05, 0) is 35.3 Å². The lowest BCUT2D eigenvalue weighted by molar-refractivity contribution is -0.143. The van der Waals surface area contributed by atoms with Crippen molar-refractivity contribution in [2.75, 3.05) is 13.7 Å². The van der Waals surface area contributed by atoms with Crippen molar-refractivity contribution < 1.29 is 23.9 Å². The van der Waals surface area contributed by atoms with E-state index in [1.54, 1.807) is 30.3 Å². The molecular weight excluding hydrogens is 370 g/mol. The van der Waals surface area contributed by atoms with Crippen molar-refractivity contribution in [3.05, 3.63) is 71.3 Å². The van der Waals surface area contributed by atoms with Crippen molar-refractivity contribution >= 4 is 23.9 Å². The van der Waals surface area contributed by atoms with Crippen molar-refractivity contribution in [1.29, 1.82) is 0 Å². The number of imide groups is 1. The van der Waals surface area contributed by atoms with Crippen LogP contribution >= 0.6 is 0 Å². The van der Waals surface area contributed by atoms with E-state index in [1.165, 1.54) is 19.3 Å². The maximum atomic E-state index is 12.1. The molecular formula is C23H25NO5. The van der Waals surface area contributed by atoms with Gasteiger partial charge in [-0.25, -0.2) is 4.79 Å². The Morgan fingerprint density at radius 1 is 1.00 bits per heavy atom. The highest BCUT2D eigenvalue weighted by Crippen LogP contribution is 2.22. The van der Waals surface area contributed by atoms with Crippen molar-refractivity contribution in [3.8, 4) is 5.75 Å². The molecule has 0 aliphatic heterocycles. The molecule has 0 fully saturated rings. The first-order valence-electron chi connectivity index (χ1n) is 9.13. The van der Waals surface area contributed by atoms with E-state index >= 15 is 0 Å². The molecule has 0 saturated carbocycles. The number of hydrogen-bond acceptors (Lipinski definition) is 5. The minimum absolute atomic E-state index is 0.0314. The molecule has 0 radical (unpaired) electrons. The number of rotatable bonds is 6. The molecule has 0 bridgehead atoms. The molecule has 1 N–H and O–H groups in total. The molecule has 0 heterocycles. The van der Waals surface area contributed by atoms with Crippen LogP contribution in [0.25, 0.3) is 6.08 Å². The number of ether oxygens (including phenoxy) is 2. The predicted molar refractivity (Wildman–Crippen MR) is 111 cm³/mol. The normalized spacial score (nSPS) is 11.2. The van der Waals surface area contributed by atoms with Gasteiger partial charge in [0.05, 0.1) is 7.11 Å². The first-order valence-corrected chi connectivity index (χ1v) is 9.13. The summed E-state index contributed by atoms with van der Waals surface area (Å²) in [6.07, 6.45) is 2.72. The first-order chi connectivity index (χ1) is 13.7. The fourth-order valence-electron chi connectivity index (χ4n) is 2.50. The Morgan fingerprint density at radius 2 is 1.66 bits per heavy atom. The summed E-state index contributed by atoms with van der Waals surface area (Å²) in [7, 11) is 1.53. The fourth-order valence-corrected chi connectivity index (χ4v) is 2.50. The molecule has 152 valence electrons. The first kappa shape index (κ1) is 21.9.